The van der Waals surface area contributed by atoms with Crippen molar-refractivity contribution in [3.05, 3.63) is 22.8 Å². The molecule has 2 nitrogen and oxygen atoms in total. The summed E-state index contributed by atoms with van der Waals surface area (Å²) in [5.74, 6) is 0.0743. The Balaban J connectivity index is 2.24. The molecule has 2 heteroatoms. The monoisotopic (exact) mass is 232 g/mol. The molecule has 0 amide bonds. The maximum Gasteiger partial charge on any atom is 0.187 e. The average molecular weight is 232 g/mol. The first-order valence-electron chi connectivity index (χ1n) is 6.42. The Morgan fingerprint density at radius 2 is 1.94 bits per heavy atom. The fourth-order valence-corrected chi connectivity index (χ4v) is 4.08. The van der Waals surface area contributed by atoms with Crippen molar-refractivity contribution in [3.63, 3.8) is 0 Å². The molecule has 0 aromatic rings. The van der Waals surface area contributed by atoms with Gasteiger partial charge in [-0.25, -0.2) is 0 Å². The number of allylic oxidation sites excluding steroid dienone is 2. The molecule has 2 atom stereocenters. The lowest BCUT2D eigenvalue weighted by Gasteiger charge is -2.56. The molecule has 0 aromatic heterocycles. The van der Waals surface area contributed by atoms with Gasteiger partial charge >= 0.3 is 0 Å². The van der Waals surface area contributed by atoms with Gasteiger partial charge in [0.2, 0.25) is 0 Å². The number of carbonyl (C=O) groups is 1. The first kappa shape index (κ1) is 11.2. The van der Waals surface area contributed by atoms with E-state index in [2.05, 4.69) is 20.8 Å². The van der Waals surface area contributed by atoms with Gasteiger partial charge in [-0.15, -0.1) is 0 Å². The Kier molecular flexibility index (Phi) is 1.81. The fraction of sp³-hybridized carbons (Fsp3) is 0.667. The summed E-state index contributed by atoms with van der Waals surface area (Å²) in [6.07, 6.45) is 4.65. The third kappa shape index (κ3) is 1.08. The molecule has 0 aromatic carbocycles. The molecule has 0 radical (unpaired) electrons. The van der Waals surface area contributed by atoms with Gasteiger partial charge in [-0.1, -0.05) is 32.4 Å². The van der Waals surface area contributed by atoms with Crippen molar-refractivity contribution in [2.45, 2.75) is 52.6 Å². The molecule has 17 heavy (non-hydrogen) atoms. The van der Waals surface area contributed by atoms with Gasteiger partial charge in [0, 0.05) is 11.0 Å². The van der Waals surface area contributed by atoms with Crippen LogP contribution >= 0.6 is 0 Å². The third-order valence-electron chi connectivity index (χ3n) is 5.18. The van der Waals surface area contributed by atoms with Crippen molar-refractivity contribution in [1.29, 1.82) is 0 Å². The highest BCUT2D eigenvalue weighted by Gasteiger charge is 2.64. The Bertz CT molecular complexity index is 495. The van der Waals surface area contributed by atoms with Gasteiger partial charge in [-0.2, -0.15) is 0 Å². The van der Waals surface area contributed by atoms with Crippen molar-refractivity contribution in [1.82, 2.24) is 0 Å². The quantitative estimate of drug-likeness (QED) is 0.697. The summed E-state index contributed by atoms with van der Waals surface area (Å²) in [5, 5.41) is 11.1. The maximum absolute atomic E-state index is 12.3. The highest BCUT2D eigenvalue weighted by Crippen LogP contribution is 2.65. The minimum absolute atomic E-state index is 0.0743. The van der Waals surface area contributed by atoms with Crippen LogP contribution in [0, 0.1) is 10.8 Å². The molecule has 0 unspecified atom stereocenters. The molecule has 3 aliphatic rings. The predicted molar refractivity (Wildman–Crippen MR) is 66.5 cm³/mol. The van der Waals surface area contributed by atoms with Crippen LogP contribution in [0.3, 0.4) is 0 Å². The van der Waals surface area contributed by atoms with E-state index in [1.165, 1.54) is 5.57 Å². The summed E-state index contributed by atoms with van der Waals surface area (Å²) in [6, 6.07) is 0. The first-order chi connectivity index (χ1) is 7.71. The number of aliphatic hydroxyl groups is 1. The third-order valence-corrected chi connectivity index (χ3v) is 5.18. The van der Waals surface area contributed by atoms with E-state index in [0.717, 1.165) is 18.4 Å². The SMILES string of the molecule is CC1=C2CC[C@]2(C)[C@@]2(O)CC(C)(C)C=C2C1=O. The molecular weight excluding hydrogens is 212 g/mol. The molecule has 3 rings (SSSR count). The smallest absolute Gasteiger partial charge is 0.187 e. The van der Waals surface area contributed by atoms with Crippen molar-refractivity contribution < 1.29 is 9.90 Å². The van der Waals surface area contributed by atoms with E-state index < -0.39 is 5.60 Å². The predicted octanol–water partition coefficient (Wildman–Crippen LogP) is 2.77. The van der Waals surface area contributed by atoms with Gasteiger partial charge < -0.3 is 5.11 Å². The topological polar surface area (TPSA) is 37.3 Å². The lowest BCUT2D eigenvalue weighted by atomic mass is 9.50. The van der Waals surface area contributed by atoms with Crippen molar-refractivity contribution >= 4 is 5.78 Å². The fourth-order valence-electron chi connectivity index (χ4n) is 4.08. The van der Waals surface area contributed by atoms with Crippen LogP contribution < -0.4 is 0 Å². The van der Waals surface area contributed by atoms with Gasteiger partial charge in [0.15, 0.2) is 5.78 Å². The molecule has 0 heterocycles. The number of ketones is 1. The van der Waals surface area contributed by atoms with Crippen LogP contribution in [0.1, 0.15) is 47.0 Å². The van der Waals surface area contributed by atoms with E-state index in [4.69, 9.17) is 0 Å². The molecule has 1 saturated carbocycles. The largest absolute Gasteiger partial charge is 0.384 e. The summed E-state index contributed by atoms with van der Waals surface area (Å²) in [6.45, 7) is 8.24. The second-order valence-corrected chi connectivity index (χ2v) is 6.85. The second-order valence-electron chi connectivity index (χ2n) is 6.85. The van der Waals surface area contributed by atoms with E-state index in [-0.39, 0.29) is 16.6 Å². The van der Waals surface area contributed by atoms with E-state index >= 15 is 0 Å². The zero-order chi connectivity index (χ0) is 12.6. The average Bonchev–Trinajstić information content (AvgIpc) is 2.44. The van der Waals surface area contributed by atoms with Crippen LogP contribution in [0.5, 0.6) is 0 Å². The van der Waals surface area contributed by atoms with E-state index in [1.807, 2.05) is 13.0 Å². The number of hydrogen-bond donors (Lipinski definition) is 1. The molecule has 0 bridgehead atoms. The minimum atomic E-state index is -0.916. The lowest BCUT2D eigenvalue weighted by molar-refractivity contribution is -0.122. The Morgan fingerprint density at radius 3 is 2.47 bits per heavy atom. The van der Waals surface area contributed by atoms with Crippen molar-refractivity contribution in [2.24, 2.45) is 10.8 Å². The molecule has 1 fully saturated rings. The summed E-state index contributed by atoms with van der Waals surface area (Å²) in [7, 11) is 0. The van der Waals surface area contributed by atoms with Gasteiger partial charge in [0.1, 0.15) is 5.60 Å². The van der Waals surface area contributed by atoms with Gasteiger partial charge in [0.05, 0.1) is 0 Å². The van der Waals surface area contributed by atoms with Crippen LogP contribution in [-0.2, 0) is 4.79 Å². The van der Waals surface area contributed by atoms with Crippen LogP contribution in [0.4, 0.5) is 0 Å². The van der Waals surface area contributed by atoms with Gasteiger partial charge in [-0.05, 0) is 37.2 Å². The summed E-state index contributed by atoms with van der Waals surface area (Å²) in [5.41, 5.74) is 1.55. The molecule has 3 aliphatic carbocycles. The standard InChI is InChI=1S/C15H20O2/c1-9-10-5-6-14(10,4)15(17)8-13(2,3)7-11(15)12(9)16/h7,17H,5-6,8H2,1-4H3/t14-,15+/m0/s1. The summed E-state index contributed by atoms with van der Waals surface area (Å²) >= 11 is 0. The van der Waals surface area contributed by atoms with Crippen molar-refractivity contribution in [3.8, 4) is 0 Å². The van der Waals surface area contributed by atoms with Crippen LogP contribution in [0.15, 0.2) is 22.8 Å². The summed E-state index contributed by atoms with van der Waals surface area (Å²) in [4.78, 5) is 12.3. The molecule has 0 aliphatic heterocycles. The zero-order valence-corrected chi connectivity index (χ0v) is 11.1. The highest BCUT2D eigenvalue weighted by atomic mass is 16.3. The summed E-state index contributed by atoms with van der Waals surface area (Å²) < 4.78 is 0. The number of rotatable bonds is 0. The Hall–Kier alpha value is -0.890. The number of carbonyl (C=O) groups excluding carboxylic acids is 1. The highest BCUT2D eigenvalue weighted by molar-refractivity contribution is 6.12. The van der Waals surface area contributed by atoms with E-state index in [9.17, 15) is 9.90 Å². The minimum Gasteiger partial charge on any atom is -0.384 e. The maximum atomic E-state index is 12.3. The number of Topliss-reactive ketones (excluding diaryl/α,β-unsaturated/α-hetero) is 1. The lowest BCUT2D eigenvalue weighted by Crippen LogP contribution is -2.57. The molecular formula is C15H20O2. The zero-order valence-electron chi connectivity index (χ0n) is 11.1. The number of fused-ring (bicyclic) bond motifs is 3. The normalized spacial score (nSPS) is 42.9. The van der Waals surface area contributed by atoms with E-state index in [0.29, 0.717) is 12.0 Å². The van der Waals surface area contributed by atoms with Gasteiger partial charge in [0.25, 0.3) is 0 Å². The Morgan fingerprint density at radius 1 is 1.29 bits per heavy atom. The second kappa shape index (κ2) is 2.74. The van der Waals surface area contributed by atoms with Crippen LogP contribution in [0.2, 0.25) is 0 Å². The van der Waals surface area contributed by atoms with Crippen LogP contribution in [0.25, 0.3) is 0 Å². The van der Waals surface area contributed by atoms with Crippen molar-refractivity contribution in [2.75, 3.05) is 0 Å². The van der Waals surface area contributed by atoms with Crippen LogP contribution in [-0.4, -0.2) is 16.5 Å². The first-order valence-corrected chi connectivity index (χ1v) is 6.42. The number of hydrogen-bond acceptors (Lipinski definition) is 2. The molecule has 0 saturated heterocycles. The Labute approximate surface area is 102 Å². The molecule has 0 spiro atoms. The molecule has 1 N–H and O–H groups in total. The molecule has 92 valence electrons. The van der Waals surface area contributed by atoms with E-state index in [1.54, 1.807) is 0 Å². The van der Waals surface area contributed by atoms with Gasteiger partial charge in [-0.3, -0.25) is 4.79 Å².